The summed E-state index contributed by atoms with van der Waals surface area (Å²) >= 11 is 0. The van der Waals surface area contributed by atoms with Crippen molar-refractivity contribution in [2.24, 2.45) is 0 Å². The summed E-state index contributed by atoms with van der Waals surface area (Å²) in [6, 6.07) is 9.48. The van der Waals surface area contributed by atoms with Gasteiger partial charge in [-0.05, 0) is 56.0 Å². The van der Waals surface area contributed by atoms with E-state index in [1.54, 1.807) is 0 Å². The first kappa shape index (κ1) is 20.3. The smallest absolute Gasteiger partial charge is 0.303 e. The number of hydrogen-bond donors (Lipinski definition) is 3. The number of ether oxygens (including phenoxy) is 1. The number of phenolic OH excluding ortho intramolecular Hbond substituents is 2. The third-order valence-electron chi connectivity index (χ3n) is 4.19. The number of Topliss-reactive ketones (excluding diaryl/α,β-unsaturated/α-hetero) is 1. The molecule has 6 nitrogen and oxygen atoms in total. The lowest BCUT2D eigenvalue weighted by Crippen LogP contribution is -2.22. The van der Waals surface area contributed by atoms with Crippen LogP contribution < -0.4 is 4.74 Å². The van der Waals surface area contributed by atoms with Crippen LogP contribution in [-0.4, -0.2) is 33.2 Å². The Morgan fingerprint density at radius 2 is 1.70 bits per heavy atom. The van der Waals surface area contributed by atoms with Gasteiger partial charge in [0.05, 0.1) is 0 Å². The van der Waals surface area contributed by atoms with E-state index in [1.165, 1.54) is 12.1 Å². The maximum Gasteiger partial charge on any atom is 0.303 e. The highest BCUT2D eigenvalue weighted by Gasteiger charge is 2.19. The zero-order valence-electron chi connectivity index (χ0n) is 15.4. The number of hydrogen-bond acceptors (Lipinski definition) is 5. The minimum absolute atomic E-state index is 0.00619. The van der Waals surface area contributed by atoms with Crippen molar-refractivity contribution in [1.82, 2.24) is 0 Å². The van der Waals surface area contributed by atoms with Crippen LogP contribution in [0.2, 0.25) is 0 Å². The number of aliphatic carboxylic acids is 1. The van der Waals surface area contributed by atoms with Crippen LogP contribution in [0.3, 0.4) is 0 Å². The van der Waals surface area contributed by atoms with Crippen LogP contribution >= 0.6 is 0 Å². The molecule has 144 valence electrons. The molecule has 0 spiro atoms. The van der Waals surface area contributed by atoms with Gasteiger partial charge in [0.2, 0.25) is 0 Å². The maximum absolute atomic E-state index is 12.6. The number of carbonyl (C=O) groups is 2. The number of rotatable bonds is 9. The van der Waals surface area contributed by atoms with E-state index in [1.807, 2.05) is 32.0 Å². The van der Waals surface area contributed by atoms with Gasteiger partial charge in [0.1, 0.15) is 23.4 Å². The molecule has 0 radical (unpaired) electrons. The zero-order valence-corrected chi connectivity index (χ0v) is 15.4. The van der Waals surface area contributed by atoms with E-state index in [0.29, 0.717) is 18.6 Å². The summed E-state index contributed by atoms with van der Waals surface area (Å²) in [5.74, 6) is -0.939. The Bertz CT molecular complexity index is 807. The Kier molecular flexibility index (Phi) is 6.82. The number of aryl methyl sites for hydroxylation is 2. The van der Waals surface area contributed by atoms with Gasteiger partial charge in [-0.25, -0.2) is 0 Å². The molecule has 27 heavy (non-hydrogen) atoms. The Morgan fingerprint density at radius 3 is 2.33 bits per heavy atom. The van der Waals surface area contributed by atoms with Crippen molar-refractivity contribution in [3.8, 4) is 17.2 Å². The summed E-state index contributed by atoms with van der Waals surface area (Å²) in [5, 5.41) is 28.0. The normalized spacial score (nSPS) is 11.8. The zero-order chi connectivity index (χ0) is 20.0. The van der Waals surface area contributed by atoms with Gasteiger partial charge in [-0.3, -0.25) is 9.59 Å². The van der Waals surface area contributed by atoms with Crippen molar-refractivity contribution in [3.05, 3.63) is 53.1 Å². The molecule has 2 rings (SSSR count). The molecule has 0 bridgehead atoms. The highest BCUT2D eigenvalue weighted by Crippen LogP contribution is 2.26. The molecule has 0 heterocycles. The maximum atomic E-state index is 12.6. The molecular formula is C21H24O6. The fourth-order valence-electron chi connectivity index (χ4n) is 2.78. The number of ketones is 1. The van der Waals surface area contributed by atoms with Crippen LogP contribution in [0.15, 0.2) is 36.4 Å². The number of carboxylic acids is 1. The van der Waals surface area contributed by atoms with Gasteiger partial charge in [0.15, 0.2) is 5.78 Å². The molecule has 0 aromatic heterocycles. The summed E-state index contributed by atoms with van der Waals surface area (Å²) in [6.07, 6.45) is 0.269. The molecule has 0 amide bonds. The number of benzene rings is 2. The van der Waals surface area contributed by atoms with Crippen molar-refractivity contribution in [2.45, 2.75) is 45.6 Å². The number of aromatic hydroxyl groups is 2. The van der Waals surface area contributed by atoms with E-state index in [-0.39, 0.29) is 35.7 Å². The van der Waals surface area contributed by atoms with Crippen LogP contribution in [0.4, 0.5) is 0 Å². The molecule has 6 heteroatoms. The molecule has 2 aromatic rings. The summed E-state index contributed by atoms with van der Waals surface area (Å²) < 4.78 is 6.02. The van der Waals surface area contributed by atoms with E-state index in [0.717, 1.165) is 17.2 Å². The summed E-state index contributed by atoms with van der Waals surface area (Å²) in [7, 11) is 0. The van der Waals surface area contributed by atoms with Gasteiger partial charge in [0.25, 0.3) is 0 Å². The first-order valence-corrected chi connectivity index (χ1v) is 8.76. The molecular weight excluding hydrogens is 348 g/mol. The average molecular weight is 372 g/mol. The number of carbonyl (C=O) groups excluding carboxylic acids is 1. The van der Waals surface area contributed by atoms with Crippen molar-refractivity contribution in [2.75, 3.05) is 0 Å². The summed E-state index contributed by atoms with van der Waals surface area (Å²) in [6.45, 7) is 3.84. The number of carboxylic acid groups (broad SMARTS) is 1. The molecule has 0 aliphatic heterocycles. The topological polar surface area (TPSA) is 104 Å². The third kappa shape index (κ3) is 6.33. The monoisotopic (exact) mass is 372 g/mol. The van der Waals surface area contributed by atoms with Gasteiger partial charge in [-0.15, -0.1) is 0 Å². The summed E-state index contributed by atoms with van der Waals surface area (Å²) in [5.41, 5.74) is 2.12. The SMILES string of the molecule is Cc1ccc(C)c(OC(CCCC(=O)O)CC(=O)c2cc(O)cc(O)c2)c1. The fourth-order valence-corrected chi connectivity index (χ4v) is 2.78. The predicted molar refractivity (Wildman–Crippen MR) is 101 cm³/mol. The lowest BCUT2D eigenvalue weighted by atomic mass is 10.0. The fraction of sp³-hybridized carbons (Fsp3) is 0.333. The van der Waals surface area contributed by atoms with Crippen molar-refractivity contribution >= 4 is 11.8 Å². The average Bonchev–Trinajstić information content (AvgIpc) is 2.56. The first-order valence-electron chi connectivity index (χ1n) is 8.76. The molecule has 0 aliphatic rings. The Hall–Kier alpha value is -3.02. The first-order chi connectivity index (χ1) is 12.7. The van der Waals surface area contributed by atoms with Crippen LogP contribution in [0.25, 0.3) is 0 Å². The molecule has 3 N–H and O–H groups in total. The Morgan fingerprint density at radius 1 is 1.04 bits per heavy atom. The van der Waals surface area contributed by atoms with Gasteiger partial charge in [-0.2, -0.15) is 0 Å². The van der Waals surface area contributed by atoms with Crippen LogP contribution in [0.5, 0.6) is 17.2 Å². The predicted octanol–water partition coefficient (Wildman–Crippen LogP) is 3.99. The van der Waals surface area contributed by atoms with Crippen LogP contribution in [0, 0.1) is 13.8 Å². The Balaban J connectivity index is 2.16. The minimum Gasteiger partial charge on any atom is -0.508 e. The Labute approximate surface area is 158 Å². The second-order valence-electron chi connectivity index (χ2n) is 6.66. The van der Waals surface area contributed by atoms with Crippen LogP contribution in [-0.2, 0) is 4.79 Å². The molecule has 0 saturated heterocycles. The van der Waals surface area contributed by atoms with E-state index in [4.69, 9.17) is 9.84 Å². The standard InChI is InChI=1S/C21H24O6/c1-13-6-7-14(2)20(8-13)27-18(4-3-5-21(25)26)12-19(24)15-9-16(22)11-17(23)10-15/h6-11,18,22-23H,3-5,12H2,1-2H3,(H,25,26). The van der Waals surface area contributed by atoms with E-state index >= 15 is 0 Å². The van der Waals surface area contributed by atoms with Crippen molar-refractivity contribution in [3.63, 3.8) is 0 Å². The summed E-state index contributed by atoms with van der Waals surface area (Å²) in [4.78, 5) is 23.4. The second kappa shape index (κ2) is 9.07. The molecule has 0 fully saturated rings. The van der Waals surface area contributed by atoms with Gasteiger partial charge in [0, 0.05) is 24.5 Å². The quantitative estimate of drug-likeness (QED) is 0.575. The largest absolute Gasteiger partial charge is 0.508 e. The molecule has 1 atom stereocenters. The molecule has 0 saturated carbocycles. The lowest BCUT2D eigenvalue weighted by Gasteiger charge is -2.20. The van der Waals surface area contributed by atoms with Gasteiger partial charge in [-0.1, -0.05) is 12.1 Å². The van der Waals surface area contributed by atoms with Gasteiger partial charge >= 0.3 is 5.97 Å². The molecule has 1 unspecified atom stereocenters. The lowest BCUT2D eigenvalue weighted by molar-refractivity contribution is -0.137. The van der Waals surface area contributed by atoms with Gasteiger partial charge < -0.3 is 20.1 Å². The second-order valence-corrected chi connectivity index (χ2v) is 6.66. The van der Waals surface area contributed by atoms with Crippen LogP contribution in [0.1, 0.15) is 47.2 Å². The van der Waals surface area contributed by atoms with Crippen molar-refractivity contribution in [1.29, 1.82) is 0 Å². The molecule has 2 aromatic carbocycles. The highest BCUT2D eigenvalue weighted by molar-refractivity contribution is 5.97. The van der Waals surface area contributed by atoms with Crippen molar-refractivity contribution < 1.29 is 29.6 Å². The highest BCUT2D eigenvalue weighted by atomic mass is 16.5. The van der Waals surface area contributed by atoms with E-state index in [2.05, 4.69) is 0 Å². The third-order valence-corrected chi connectivity index (χ3v) is 4.19. The van der Waals surface area contributed by atoms with E-state index in [9.17, 15) is 19.8 Å². The minimum atomic E-state index is -0.898. The number of phenols is 2. The van der Waals surface area contributed by atoms with E-state index < -0.39 is 12.1 Å². The molecule has 0 aliphatic carbocycles.